The predicted octanol–water partition coefficient (Wildman–Crippen LogP) is 2.65. The van der Waals surface area contributed by atoms with Gasteiger partial charge in [-0.1, -0.05) is 29.4 Å². The molecule has 1 aliphatic rings. The van der Waals surface area contributed by atoms with Gasteiger partial charge in [-0.15, -0.1) is 0 Å². The number of nitrogens with zero attached hydrogens (tertiary/aromatic N) is 3. The first-order valence-corrected chi connectivity index (χ1v) is 9.97. The molecule has 2 aromatic rings. The lowest BCUT2D eigenvalue weighted by atomic mass is 9.96. The Hall–Kier alpha value is -1.73. The van der Waals surface area contributed by atoms with Gasteiger partial charge in [0, 0.05) is 25.1 Å². The average Bonchev–Trinajstić information content (AvgIpc) is 3.04. The molecule has 1 atom stereocenters. The Balaban J connectivity index is 1.70. The molecule has 2 heterocycles. The van der Waals surface area contributed by atoms with Gasteiger partial charge in [-0.3, -0.25) is 0 Å². The lowest BCUT2D eigenvalue weighted by Crippen LogP contribution is -2.41. The van der Waals surface area contributed by atoms with E-state index in [0.717, 1.165) is 24.0 Å². The molecule has 0 N–H and O–H groups in total. The van der Waals surface area contributed by atoms with Crippen LogP contribution in [-0.2, 0) is 16.4 Å². The maximum Gasteiger partial charge on any atom is 0.227 e. The number of rotatable bonds is 5. The van der Waals surface area contributed by atoms with E-state index < -0.39 is 10.0 Å². The summed E-state index contributed by atoms with van der Waals surface area (Å²) in [4.78, 5) is 4.50. The van der Waals surface area contributed by atoms with Crippen molar-refractivity contribution >= 4 is 10.0 Å². The maximum atomic E-state index is 12.1. The zero-order chi connectivity index (χ0) is 17.2. The van der Waals surface area contributed by atoms with Crippen molar-refractivity contribution in [3.05, 3.63) is 35.7 Å². The number of sulfonamides is 1. The molecule has 24 heavy (non-hydrogen) atoms. The van der Waals surface area contributed by atoms with Crippen LogP contribution in [0.15, 0.2) is 28.8 Å². The molecule has 0 spiro atoms. The molecule has 0 radical (unpaired) electrons. The second-order valence-electron chi connectivity index (χ2n) is 6.30. The van der Waals surface area contributed by atoms with Crippen molar-refractivity contribution in [3.8, 4) is 11.4 Å². The molecular weight excluding hydrogens is 326 g/mol. The van der Waals surface area contributed by atoms with Gasteiger partial charge in [0.1, 0.15) is 0 Å². The Kier molecular flexibility index (Phi) is 5.01. The van der Waals surface area contributed by atoms with Crippen LogP contribution in [0.5, 0.6) is 0 Å². The van der Waals surface area contributed by atoms with Gasteiger partial charge >= 0.3 is 0 Å². The summed E-state index contributed by atoms with van der Waals surface area (Å²) in [6, 6.07) is 7.91. The Morgan fingerprint density at radius 1 is 1.33 bits per heavy atom. The van der Waals surface area contributed by atoms with E-state index in [2.05, 4.69) is 10.1 Å². The van der Waals surface area contributed by atoms with Crippen LogP contribution in [0, 0.1) is 12.8 Å². The standard InChI is InChI=1S/C17H23N3O3S/c1-3-24(21,22)20-10-6-8-14(12-20)11-16-18-17(19-23-16)15-9-5-4-7-13(15)2/h4-5,7,9,14H,3,6,8,10-12H2,1-2H3/t14-/m0/s1. The molecule has 1 aliphatic heterocycles. The van der Waals surface area contributed by atoms with E-state index in [1.807, 2.05) is 31.2 Å². The Bertz CT molecular complexity index is 801. The van der Waals surface area contributed by atoms with Crippen LogP contribution in [0.25, 0.3) is 11.4 Å². The maximum absolute atomic E-state index is 12.1. The fourth-order valence-electron chi connectivity index (χ4n) is 3.15. The molecule has 0 unspecified atom stereocenters. The Morgan fingerprint density at radius 3 is 2.88 bits per heavy atom. The quantitative estimate of drug-likeness (QED) is 0.829. The summed E-state index contributed by atoms with van der Waals surface area (Å²) in [5.74, 6) is 1.55. The highest BCUT2D eigenvalue weighted by Gasteiger charge is 2.28. The van der Waals surface area contributed by atoms with Crippen molar-refractivity contribution in [1.29, 1.82) is 0 Å². The van der Waals surface area contributed by atoms with Gasteiger partial charge in [-0.25, -0.2) is 12.7 Å². The first-order valence-electron chi connectivity index (χ1n) is 8.36. The highest BCUT2D eigenvalue weighted by Crippen LogP contribution is 2.24. The third-order valence-electron chi connectivity index (χ3n) is 4.56. The minimum absolute atomic E-state index is 0.151. The van der Waals surface area contributed by atoms with E-state index in [-0.39, 0.29) is 11.7 Å². The number of hydrogen-bond acceptors (Lipinski definition) is 5. The van der Waals surface area contributed by atoms with E-state index in [1.54, 1.807) is 11.2 Å². The third-order valence-corrected chi connectivity index (χ3v) is 6.41. The molecule has 1 fully saturated rings. The summed E-state index contributed by atoms with van der Waals surface area (Å²) in [5.41, 5.74) is 2.06. The molecule has 1 aromatic carbocycles. The Morgan fingerprint density at radius 2 is 2.12 bits per heavy atom. The summed E-state index contributed by atoms with van der Waals surface area (Å²) in [5, 5.41) is 4.08. The third kappa shape index (κ3) is 3.67. The first kappa shape index (κ1) is 17.1. The highest BCUT2D eigenvalue weighted by atomic mass is 32.2. The van der Waals surface area contributed by atoms with Crippen molar-refractivity contribution < 1.29 is 12.9 Å². The number of aryl methyl sites for hydroxylation is 1. The number of piperidine rings is 1. The minimum Gasteiger partial charge on any atom is -0.339 e. The van der Waals surface area contributed by atoms with Crippen molar-refractivity contribution in [1.82, 2.24) is 14.4 Å². The molecular formula is C17H23N3O3S. The zero-order valence-electron chi connectivity index (χ0n) is 14.1. The summed E-state index contributed by atoms with van der Waals surface area (Å²) in [7, 11) is -3.12. The summed E-state index contributed by atoms with van der Waals surface area (Å²) in [6.45, 7) is 4.86. The smallest absolute Gasteiger partial charge is 0.227 e. The van der Waals surface area contributed by atoms with Crippen LogP contribution in [-0.4, -0.2) is 41.7 Å². The van der Waals surface area contributed by atoms with E-state index in [0.29, 0.717) is 31.2 Å². The van der Waals surface area contributed by atoms with Gasteiger partial charge in [0.05, 0.1) is 5.75 Å². The van der Waals surface area contributed by atoms with Crippen LogP contribution in [0.1, 0.15) is 31.2 Å². The topological polar surface area (TPSA) is 76.3 Å². The highest BCUT2D eigenvalue weighted by molar-refractivity contribution is 7.89. The summed E-state index contributed by atoms with van der Waals surface area (Å²) >= 11 is 0. The van der Waals surface area contributed by atoms with Gasteiger partial charge in [-0.05, 0) is 38.2 Å². The Labute approximate surface area is 142 Å². The van der Waals surface area contributed by atoms with Crippen LogP contribution in [0.3, 0.4) is 0 Å². The lowest BCUT2D eigenvalue weighted by Gasteiger charge is -2.30. The molecule has 0 saturated carbocycles. The van der Waals surface area contributed by atoms with Crippen molar-refractivity contribution in [3.63, 3.8) is 0 Å². The molecule has 1 aromatic heterocycles. The molecule has 0 bridgehead atoms. The fraction of sp³-hybridized carbons (Fsp3) is 0.529. The predicted molar refractivity (Wildman–Crippen MR) is 91.9 cm³/mol. The molecule has 0 aliphatic carbocycles. The van der Waals surface area contributed by atoms with E-state index >= 15 is 0 Å². The van der Waals surface area contributed by atoms with Gasteiger partial charge in [0.15, 0.2) is 0 Å². The molecule has 7 heteroatoms. The molecule has 1 saturated heterocycles. The largest absolute Gasteiger partial charge is 0.339 e. The van der Waals surface area contributed by atoms with Crippen molar-refractivity contribution in [2.24, 2.45) is 5.92 Å². The van der Waals surface area contributed by atoms with Crippen LogP contribution in [0.2, 0.25) is 0 Å². The molecule has 0 amide bonds. The molecule has 6 nitrogen and oxygen atoms in total. The average molecular weight is 349 g/mol. The van der Waals surface area contributed by atoms with Crippen LogP contribution < -0.4 is 0 Å². The second kappa shape index (κ2) is 7.03. The van der Waals surface area contributed by atoms with Gasteiger partial charge < -0.3 is 4.52 Å². The normalized spacial score (nSPS) is 19.5. The monoisotopic (exact) mass is 349 g/mol. The lowest BCUT2D eigenvalue weighted by molar-refractivity contribution is 0.247. The number of hydrogen-bond donors (Lipinski definition) is 0. The van der Waals surface area contributed by atoms with E-state index in [9.17, 15) is 8.42 Å². The minimum atomic E-state index is -3.12. The molecule has 3 rings (SSSR count). The number of benzene rings is 1. The van der Waals surface area contributed by atoms with Gasteiger partial charge in [0.25, 0.3) is 0 Å². The van der Waals surface area contributed by atoms with E-state index in [4.69, 9.17) is 4.52 Å². The first-order chi connectivity index (χ1) is 11.5. The van der Waals surface area contributed by atoms with Gasteiger partial charge in [0.2, 0.25) is 21.7 Å². The SMILES string of the molecule is CCS(=O)(=O)N1CCC[C@@H](Cc2nc(-c3ccccc3C)no2)C1. The molecule has 130 valence electrons. The fourth-order valence-corrected chi connectivity index (χ4v) is 4.36. The summed E-state index contributed by atoms with van der Waals surface area (Å²) in [6.07, 6.45) is 2.48. The van der Waals surface area contributed by atoms with Crippen LogP contribution >= 0.6 is 0 Å². The zero-order valence-corrected chi connectivity index (χ0v) is 14.9. The second-order valence-corrected chi connectivity index (χ2v) is 8.56. The van der Waals surface area contributed by atoms with Gasteiger partial charge in [-0.2, -0.15) is 4.98 Å². The van der Waals surface area contributed by atoms with Crippen molar-refractivity contribution in [2.45, 2.75) is 33.1 Å². The van der Waals surface area contributed by atoms with E-state index in [1.165, 1.54) is 0 Å². The summed E-state index contributed by atoms with van der Waals surface area (Å²) < 4.78 is 31.1. The van der Waals surface area contributed by atoms with Crippen LogP contribution in [0.4, 0.5) is 0 Å². The van der Waals surface area contributed by atoms with Crippen molar-refractivity contribution in [2.75, 3.05) is 18.8 Å². The number of aromatic nitrogens is 2.